The first-order valence-corrected chi connectivity index (χ1v) is 15.7. The van der Waals surface area contributed by atoms with Gasteiger partial charge in [0, 0.05) is 0 Å². The van der Waals surface area contributed by atoms with Gasteiger partial charge in [-0.15, -0.1) is 0 Å². The topological polar surface area (TPSA) is 9.23 Å². The maximum atomic E-state index is 6.66. The summed E-state index contributed by atoms with van der Waals surface area (Å²) in [5, 5.41) is 1.48. The number of rotatable bonds is 3. The summed E-state index contributed by atoms with van der Waals surface area (Å²) >= 11 is 0. The van der Waals surface area contributed by atoms with Crippen LogP contribution in [0.2, 0.25) is 39.3 Å². The fourth-order valence-corrected chi connectivity index (χ4v) is 4.98. The van der Waals surface area contributed by atoms with Crippen LogP contribution in [-0.4, -0.2) is 16.4 Å². The molecule has 0 radical (unpaired) electrons. The van der Waals surface area contributed by atoms with Crippen molar-refractivity contribution < 1.29 is 4.43 Å². The highest BCUT2D eigenvalue weighted by molar-refractivity contribution is 6.89. The average Bonchev–Trinajstić information content (AvgIpc) is 2.21. The predicted molar refractivity (Wildman–Crippen MR) is 111 cm³/mol. The van der Waals surface area contributed by atoms with Gasteiger partial charge in [0.1, 0.15) is 5.75 Å². The number of hydrogen-bond acceptors (Lipinski definition) is 1. The minimum absolute atomic E-state index is 0.0879. The van der Waals surface area contributed by atoms with Crippen LogP contribution in [0.15, 0.2) is 12.1 Å². The molecule has 0 spiro atoms. The van der Waals surface area contributed by atoms with E-state index < -0.39 is 16.4 Å². The molecule has 3 heteroatoms. The maximum absolute atomic E-state index is 6.66. The van der Waals surface area contributed by atoms with Crippen molar-refractivity contribution in [3.63, 3.8) is 0 Å². The molecule has 0 saturated heterocycles. The minimum Gasteiger partial charge on any atom is -0.544 e. The molecule has 0 unspecified atom stereocenters. The predicted octanol–water partition coefficient (Wildman–Crippen LogP) is 6.04. The molecule has 0 aliphatic rings. The Morgan fingerprint density at radius 1 is 0.739 bits per heavy atom. The summed E-state index contributed by atoms with van der Waals surface area (Å²) in [6.45, 7) is 28.0. The molecule has 1 aromatic rings. The Balaban J connectivity index is 3.82. The highest BCUT2D eigenvalue weighted by Crippen LogP contribution is 2.36. The summed E-state index contributed by atoms with van der Waals surface area (Å²) in [7, 11) is -3.16. The van der Waals surface area contributed by atoms with Crippen molar-refractivity contribution in [3.8, 4) is 5.75 Å². The van der Waals surface area contributed by atoms with E-state index in [2.05, 4.69) is 93.0 Å². The fraction of sp³-hybridized carbons (Fsp3) is 0.700. The van der Waals surface area contributed by atoms with Crippen LogP contribution in [0.25, 0.3) is 0 Å². The molecule has 0 N–H and O–H groups in total. The molecule has 0 bridgehead atoms. The lowest BCUT2D eigenvalue weighted by Gasteiger charge is -2.35. The molecule has 0 aromatic heterocycles. The van der Waals surface area contributed by atoms with Crippen molar-refractivity contribution >= 4 is 21.6 Å². The molecule has 0 atom stereocenters. The van der Waals surface area contributed by atoms with Crippen molar-refractivity contribution in [2.75, 3.05) is 0 Å². The van der Waals surface area contributed by atoms with Crippen LogP contribution in [-0.2, 0) is 10.8 Å². The Hall–Kier alpha value is -0.546. The molecule has 132 valence electrons. The molecule has 0 saturated carbocycles. The minimum atomic E-state index is -1.66. The largest absolute Gasteiger partial charge is 0.544 e. The lowest BCUT2D eigenvalue weighted by atomic mass is 9.80. The van der Waals surface area contributed by atoms with Crippen molar-refractivity contribution in [2.24, 2.45) is 0 Å². The van der Waals surface area contributed by atoms with Crippen LogP contribution in [0.4, 0.5) is 0 Å². The number of benzene rings is 1. The van der Waals surface area contributed by atoms with Crippen LogP contribution in [0.3, 0.4) is 0 Å². The molecule has 0 aliphatic heterocycles. The van der Waals surface area contributed by atoms with Gasteiger partial charge >= 0.3 is 0 Å². The van der Waals surface area contributed by atoms with Crippen LogP contribution in [0.1, 0.15) is 52.7 Å². The summed E-state index contributed by atoms with van der Waals surface area (Å²) < 4.78 is 6.66. The van der Waals surface area contributed by atoms with E-state index >= 15 is 0 Å². The quantitative estimate of drug-likeness (QED) is 0.604. The van der Waals surface area contributed by atoms with Crippen molar-refractivity contribution in [1.82, 2.24) is 0 Å². The van der Waals surface area contributed by atoms with E-state index in [0.29, 0.717) is 0 Å². The second-order valence-corrected chi connectivity index (χ2v) is 20.3. The molecule has 0 fully saturated rings. The Labute approximate surface area is 147 Å². The van der Waals surface area contributed by atoms with Crippen LogP contribution in [0, 0.1) is 0 Å². The van der Waals surface area contributed by atoms with Crippen LogP contribution < -0.4 is 9.61 Å². The molecule has 23 heavy (non-hydrogen) atoms. The van der Waals surface area contributed by atoms with Crippen molar-refractivity contribution in [2.45, 2.75) is 91.7 Å². The lowest BCUT2D eigenvalue weighted by molar-refractivity contribution is 0.507. The van der Waals surface area contributed by atoms with Gasteiger partial charge in [0.05, 0.1) is 8.07 Å². The molecule has 1 rings (SSSR count). The summed E-state index contributed by atoms with van der Waals surface area (Å²) in [4.78, 5) is 0. The Bertz CT molecular complexity index is 526. The molecule has 0 amide bonds. The molecular formula is C20H38OSi2. The first-order chi connectivity index (χ1) is 9.93. The molecule has 0 aliphatic carbocycles. The van der Waals surface area contributed by atoms with E-state index in [0.717, 1.165) is 0 Å². The fourth-order valence-electron chi connectivity index (χ4n) is 2.59. The van der Waals surface area contributed by atoms with Gasteiger partial charge < -0.3 is 4.43 Å². The Morgan fingerprint density at radius 2 is 1.22 bits per heavy atom. The van der Waals surface area contributed by atoms with E-state index in [-0.39, 0.29) is 10.8 Å². The smallest absolute Gasteiger partial charge is 0.242 e. The van der Waals surface area contributed by atoms with Gasteiger partial charge in [-0.25, -0.2) is 0 Å². The third kappa shape index (κ3) is 5.49. The third-order valence-corrected chi connectivity index (χ3v) is 6.78. The maximum Gasteiger partial charge on any atom is 0.242 e. The van der Waals surface area contributed by atoms with Gasteiger partial charge in [0.2, 0.25) is 8.32 Å². The van der Waals surface area contributed by atoms with E-state index in [4.69, 9.17) is 4.43 Å². The molecule has 0 heterocycles. The standard InChI is InChI=1S/C20H38OSi2/c1-19(2,3)15-13-16(20(4,5)6)18(21-23(10,11)12)17(14-15)22(7,8)9/h13-14H,1-12H3. The second kappa shape index (κ2) is 6.07. The zero-order valence-corrected chi connectivity index (χ0v) is 19.6. The van der Waals surface area contributed by atoms with E-state index in [9.17, 15) is 0 Å². The monoisotopic (exact) mass is 350 g/mol. The van der Waals surface area contributed by atoms with Crippen LogP contribution in [0.5, 0.6) is 5.75 Å². The first kappa shape index (κ1) is 20.5. The van der Waals surface area contributed by atoms with Gasteiger partial charge in [0.15, 0.2) is 0 Å². The molecule has 1 nitrogen and oxygen atoms in total. The summed E-state index contributed by atoms with van der Waals surface area (Å²) in [6, 6.07) is 4.84. The normalized spacial score (nSPS) is 14.1. The Kier molecular flexibility index (Phi) is 5.41. The Morgan fingerprint density at radius 3 is 1.52 bits per heavy atom. The zero-order chi connectivity index (χ0) is 18.4. The molecular weight excluding hydrogens is 312 g/mol. The third-order valence-electron chi connectivity index (χ3n) is 3.98. The van der Waals surface area contributed by atoms with Gasteiger partial charge in [-0.2, -0.15) is 0 Å². The zero-order valence-electron chi connectivity index (χ0n) is 17.6. The highest BCUT2D eigenvalue weighted by Gasteiger charge is 2.32. The van der Waals surface area contributed by atoms with Crippen molar-refractivity contribution in [3.05, 3.63) is 23.3 Å². The highest BCUT2D eigenvalue weighted by atomic mass is 28.4. The summed E-state index contributed by atoms with van der Waals surface area (Å²) in [5.41, 5.74) is 3.06. The van der Waals surface area contributed by atoms with E-state index in [1.807, 2.05) is 0 Å². The van der Waals surface area contributed by atoms with Gasteiger partial charge in [-0.3, -0.25) is 0 Å². The van der Waals surface area contributed by atoms with Crippen molar-refractivity contribution in [1.29, 1.82) is 0 Å². The second-order valence-electron chi connectivity index (χ2n) is 10.9. The van der Waals surface area contributed by atoms with Gasteiger partial charge in [0.25, 0.3) is 0 Å². The number of hydrogen-bond donors (Lipinski definition) is 0. The SMILES string of the molecule is CC(C)(C)c1cc(C(C)(C)C)c(O[Si](C)(C)C)c([Si](C)(C)C)c1. The summed E-state index contributed by atoms with van der Waals surface area (Å²) in [6.07, 6.45) is 0. The molecule has 1 aromatic carbocycles. The van der Waals surface area contributed by atoms with E-state index in [1.54, 1.807) is 0 Å². The first-order valence-electron chi connectivity index (χ1n) is 8.81. The lowest BCUT2D eigenvalue weighted by Crippen LogP contribution is -2.44. The van der Waals surface area contributed by atoms with E-state index in [1.165, 1.54) is 22.1 Å². The van der Waals surface area contributed by atoms with Crippen LogP contribution >= 0.6 is 0 Å². The van der Waals surface area contributed by atoms with Gasteiger partial charge in [-0.1, -0.05) is 73.3 Å². The van der Waals surface area contributed by atoms with Gasteiger partial charge in [-0.05, 0) is 46.8 Å². The summed E-state index contributed by atoms with van der Waals surface area (Å²) in [5.74, 6) is 1.20. The average molecular weight is 351 g/mol.